The van der Waals surface area contributed by atoms with Crippen molar-refractivity contribution in [3.63, 3.8) is 0 Å². The summed E-state index contributed by atoms with van der Waals surface area (Å²) in [6.45, 7) is 4.17. The monoisotopic (exact) mass is 222 g/mol. The molecular weight excluding hydrogens is 208 g/mol. The van der Waals surface area contributed by atoms with Gasteiger partial charge in [0.05, 0.1) is 13.2 Å². The van der Waals surface area contributed by atoms with E-state index in [2.05, 4.69) is 9.88 Å². The van der Waals surface area contributed by atoms with Crippen LogP contribution in [0.15, 0.2) is 18.3 Å². The topological polar surface area (TPSA) is 62.7 Å². The number of hydrogen-bond donors (Lipinski definition) is 1. The van der Waals surface area contributed by atoms with Crippen molar-refractivity contribution in [2.75, 3.05) is 26.3 Å². The van der Waals surface area contributed by atoms with Crippen LogP contribution >= 0.6 is 0 Å². The molecule has 1 aromatic heterocycles. The van der Waals surface area contributed by atoms with E-state index in [4.69, 9.17) is 9.84 Å². The van der Waals surface area contributed by atoms with Crippen molar-refractivity contribution in [1.29, 1.82) is 0 Å². The Balaban J connectivity index is 1.96. The molecule has 0 bridgehead atoms. The Morgan fingerprint density at radius 2 is 2.19 bits per heavy atom. The number of hydrogen-bond acceptors (Lipinski definition) is 4. The average Bonchev–Trinajstić information content (AvgIpc) is 2.31. The first-order valence-electron chi connectivity index (χ1n) is 5.24. The summed E-state index contributed by atoms with van der Waals surface area (Å²) in [5, 5.41) is 8.71. The molecule has 0 atom stereocenters. The molecule has 2 rings (SSSR count). The number of aromatic carboxylic acids is 1. The Kier molecular flexibility index (Phi) is 3.48. The van der Waals surface area contributed by atoms with Gasteiger partial charge in [-0.3, -0.25) is 4.90 Å². The highest BCUT2D eigenvalue weighted by atomic mass is 16.5. The second-order valence-electron chi connectivity index (χ2n) is 3.75. The maximum atomic E-state index is 10.6. The van der Waals surface area contributed by atoms with Crippen LogP contribution in [0, 0.1) is 0 Å². The minimum Gasteiger partial charge on any atom is -0.477 e. The van der Waals surface area contributed by atoms with Crippen molar-refractivity contribution in [2.24, 2.45) is 0 Å². The van der Waals surface area contributed by atoms with E-state index < -0.39 is 5.97 Å². The van der Waals surface area contributed by atoms with Gasteiger partial charge in [-0.2, -0.15) is 0 Å². The van der Waals surface area contributed by atoms with Crippen LogP contribution in [0.1, 0.15) is 16.1 Å². The van der Waals surface area contributed by atoms with Crippen molar-refractivity contribution < 1.29 is 14.6 Å². The quantitative estimate of drug-likeness (QED) is 0.812. The Morgan fingerprint density at radius 3 is 2.75 bits per heavy atom. The van der Waals surface area contributed by atoms with Crippen LogP contribution in [-0.2, 0) is 11.3 Å². The molecule has 0 saturated carbocycles. The van der Waals surface area contributed by atoms with Gasteiger partial charge in [0.25, 0.3) is 0 Å². The molecule has 1 N–H and O–H groups in total. The van der Waals surface area contributed by atoms with E-state index in [-0.39, 0.29) is 5.69 Å². The highest BCUT2D eigenvalue weighted by Crippen LogP contribution is 2.06. The van der Waals surface area contributed by atoms with Crippen molar-refractivity contribution in [3.05, 3.63) is 29.6 Å². The van der Waals surface area contributed by atoms with E-state index in [1.165, 1.54) is 6.07 Å². The summed E-state index contributed by atoms with van der Waals surface area (Å²) < 4.78 is 5.25. The lowest BCUT2D eigenvalue weighted by Crippen LogP contribution is -2.35. The molecule has 1 aliphatic rings. The van der Waals surface area contributed by atoms with Crippen LogP contribution in [0.3, 0.4) is 0 Å². The Labute approximate surface area is 93.7 Å². The van der Waals surface area contributed by atoms with Crippen LogP contribution in [0.25, 0.3) is 0 Å². The minimum absolute atomic E-state index is 0.0886. The molecule has 86 valence electrons. The molecule has 0 spiro atoms. The fourth-order valence-electron chi connectivity index (χ4n) is 1.66. The number of ether oxygens (including phenoxy) is 1. The lowest BCUT2D eigenvalue weighted by atomic mass is 10.2. The second kappa shape index (κ2) is 5.05. The Bertz CT molecular complexity index is 358. The van der Waals surface area contributed by atoms with Gasteiger partial charge in [0.2, 0.25) is 0 Å². The lowest BCUT2D eigenvalue weighted by Gasteiger charge is -2.26. The zero-order chi connectivity index (χ0) is 11.4. The zero-order valence-corrected chi connectivity index (χ0v) is 8.93. The van der Waals surface area contributed by atoms with Crippen molar-refractivity contribution in [1.82, 2.24) is 9.88 Å². The highest BCUT2D eigenvalue weighted by molar-refractivity contribution is 5.85. The van der Waals surface area contributed by atoms with Crippen LogP contribution < -0.4 is 0 Å². The molecule has 1 fully saturated rings. The molecule has 1 saturated heterocycles. The summed E-state index contributed by atoms with van der Waals surface area (Å²) in [5.74, 6) is -0.988. The molecule has 0 aromatic carbocycles. The molecule has 0 unspecified atom stereocenters. The summed E-state index contributed by atoms with van der Waals surface area (Å²) in [7, 11) is 0. The minimum atomic E-state index is -0.988. The van der Waals surface area contributed by atoms with E-state index in [9.17, 15) is 4.79 Å². The maximum Gasteiger partial charge on any atom is 0.354 e. The molecule has 1 aromatic rings. The van der Waals surface area contributed by atoms with Crippen LogP contribution in [0.4, 0.5) is 0 Å². The number of carbonyl (C=O) groups is 1. The van der Waals surface area contributed by atoms with Crippen LogP contribution in [-0.4, -0.2) is 47.3 Å². The number of rotatable bonds is 3. The third-order valence-corrected chi connectivity index (χ3v) is 2.55. The van der Waals surface area contributed by atoms with Crippen molar-refractivity contribution in [3.8, 4) is 0 Å². The Hall–Kier alpha value is -1.46. The van der Waals surface area contributed by atoms with Crippen LogP contribution in [0.5, 0.6) is 0 Å². The smallest absolute Gasteiger partial charge is 0.354 e. The molecule has 5 heteroatoms. The number of morpholine rings is 1. The predicted molar refractivity (Wildman–Crippen MR) is 57.3 cm³/mol. The van der Waals surface area contributed by atoms with E-state index in [1.54, 1.807) is 6.20 Å². The molecule has 0 amide bonds. The standard InChI is InChI=1S/C11H14N2O3/c14-11(15)10-2-1-9(7-12-10)8-13-3-5-16-6-4-13/h1-2,7H,3-6,8H2,(H,14,15). The molecule has 16 heavy (non-hydrogen) atoms. The number of aromatic nitrogens is 1. The van der Waals surface area contributed by atoms with Gasteiger partial charge in [0, 0.05) is 25.8 Å². The number of pyridine rings is 1. The van der Waals surface area contributed by atoms with E-state index in [1.807, 2.05) is 6.07 Å². The molecule has 5 nitrogen and oxygen atoms in total. The first-order valence-corrected chi connectivity index (χ1v) is 5.24. The van der Waals surface area contributed by atoms with Gasteiger partial charge in [0.15, 0.2) is 0 Å². The largest absolute Gasteiger partial charge is 0.477 e. The van der Waals surface area contributed by atoms with Crippen molar-refractivity contribution >= 4 is 5.97 Å². The first kappa shape index (κ1) is 11.0. The molecule has 1 aliphatic heterocycles. The summed E-state index contributed by atoms with van der Waals surface area (Å²) in [6.07, 6.45) is 1.62. The lowest BCUT2D eigenvalue weighted by molar-refractivity contribution is 0.0341. The SMILES string of the molecule is O=C(O)c1ccc(CN2CCOCC2)cn1. The third kappa shape index (κ3) is 2.77. The van der Waals surface area contributed by atoms with Gasteiger partial charge in [-0.05, 0) is 11.6 Å². The fraction of sp³-hybridized carbons (Fsp3) is 0.455. The fourth-order valence-corrected chi connectivity index (χ4v) is 1.66. The summed E-state index contributed by atoms with van der Waals surface area (Å²) >= 11 is 0. The number of carboxylic acids is 1. The normalized spacial score (nSPS) is 17.2. The molecule has 0 radical (unpaired) electrons. The van der Waals surface area contributed by atoms with Gasteiger partial charge >= 0.3 is 5.97 Å². The second-order valence-corrected chi connectivity index (χ2v) is 3.75. The molecular formula is C11H14N2O3. The maximum absolute atomic E-state index is 10.6. The van der Waals surface area contributed by atoms with Crippen LogP contribution in [0.2, 0.25) is 0 Å². The van der Waals surface area contributed by atoms with Gasteiger partial charge in [-0.15, -0.1) is 0 Å². The predicted octanol–water partition coefficient (Wildman–Crippen LogP) is 0.612. The van der Waals surface area contributed by atoms with Gasteiger partial charge in [-0.1, -0.05) is 6.07 Å². The summed E-state index contributed by atoms with van der Waals surface area (Å²) in [5.41, 5.74) is 1.12. The molecule has 0 aliphatic carbocycles. The van der Waals surface area contributed by atoms with E-state index in [0.29, 0.717) is 0 Å². The Morgan fingerprint density at radius 1 is 1.44 bits per heavy atom. The van der Waals surface area contributed by atoms with Crippen molar-refractivity contribution in [2.45, 2.75) is 6.54 Å². The van der Waals surface area contributed by atoms with E-state index in [0.717, 1.165) is 38.4 Å². The van der Waals surface area contributed by atoms with Gasteiger partial charge in [-0.25, -0.2) is 9.78 Å². The highest BCUT2D eigenvalue weighted by Gasteiger charge is 2.11. The first-order chi connectivity index (χ1) is 7.75. The van der Waals surface area contributed by atoms with Gasteiger partial charge < -0.3 is 9.84 Å². The number of carboxylic acid groups (broad SMARTS) is 1. The van der Waals surface area contributed by atoms with Gasteiger partial charge in [0.1, 0.15) is 5.69 Å². The average molecular weight is 222 g/mol. The zero-order valence-electron chi connectivity index (χ0n) is 8.93. The number of nitrogens with zero attached hydrogens (tertiary/aromatic N) is 2. The summed E-state index contributed by atoms with van der Waals surface area (Å²) in [4.78, 5) is 16.8. The summed E-state index contributed by atoms with van der Waals surface area (Å²) in [6, 6.07) is 3.35. The van der Waals surface area contributed by atoms with E-state index >= 15 is 0 Å². The molecule has 2 heterocycles. The third-order valence-electron chi connectivity index (χ3n) is 2.55.